The Kier molecular flexibility index (Phi) is 8.03. The second-order valence-corrected chi connectivity index (χ2v) is 12.2. The number of amides is 2. The Morgan fingerprint density at radius 1 is 1.05 bits per heavy atom. The number of anilines is 1. The molecule has 10 heteroatoms. The first kappa shape index (κ1) is 28.2. The molecule has 0 saturated heterocycles. The van der Waals surface area contributed by atoms with Gasteiger partial charge in [-0.05, 0) is 73.0 Å². The number of ether oxygens (including phenoxy) is 1. The van der Waals surface area contributed by atoms with Gasteiger partial charge in [-0.15, -0.1) is 0 Å². The van der Waals surface area contributed by atoms with Gasteiger partial charge in [0.25, 0.3) is 15.9 Å². The van der Waals surface area contributed by atoms with Crippen molar-refractivity contribution in [1.29, 1.82) is 0 Å². The van der Waals surface area contributed by atoms with Crippen molar-refractivity contribution in [2.24, 2.45) is 5.92 Å². The summed E-state index contributed by atoms with van der Waals surface area (Å²) in [5.41, 5.74) is 2.90. The van der Waals surface area contributed by atoms with Crippen LogP contribution in [0, 0.1) is 12.8 Å². The standard InChI is InChI=1S/C31H33N3O6S/c1-20-6-5-9-28(30(20)36)41(38,39)33-31(37)23-10-11-24(27(17-23)40-2)19-34-15-14-22-12-13-25(18-26(22)34)32-29(35)16-21-7-3-4-8-21/h5-6,9-15,17-18,21,36H,3-4,7-8,16,19H2,1-2H3,(H,32,35)(H,33,37). The molecular formula is C31H33N3O6S. The van der Waals surface area contributed by atoms with Crippen molar-refractivity contribution in [2.75, 3.05) is 12.4 Å². The minimum absolute atomic E-state index is 0.0320. The first-order chi connectivity index (χ1) is 19.6. The number of benzene rings is 3. The third-order valence-electron chi connectivity index (χ3n) is 7.61. The van der Waals surface area contributed by atoms with Gasteiger partial charge < -0.3 is 19.7 Å². The average molecular weight is 576 g/mol. The van der Waals surface area contributed by atoms with E-state index in [2.05, 4.69) is 5.32 Å². The van der Waals surface area contributed by atoms with Crippen LogP contribution in [0.25, 0.3) is 10.9 Å². The predicted octanol–water partition coefficient (Wildman–Crippen LogP) is 5.35. The molecule has 0 atom stereocenters. The first-order valence-electron chi connectivity index (χ1n) is 13.6. The van der Waals surface area contributed by atoms with Crippen LogP contribution in [0.2, 0.25) is 0 Å². The average Bonchev–Trinajstić information content (AvgIpc) is 3.60. The third kappa shape index (κ3) is 6.22. The van der Waals surface area contributed by atoms with Crippen molar-refractivity contribution in [1.82, 2.24) is 9.29 Å². The number of sulfonamides is 1. The zero-order valence-corrected chi connectivity index (χ0v) is 23.8. The number of para-hydroxylation sites is 1. The monoisotopic (exact) mass is 575 g/mol. The maximum Gasteiger partial charge on any atom is 0.268 e. The molecule has 4 aromatic rings. The fourth-order valence-corrected chi connectivity index (χ4v) is 6.52. The maximum absolute atomic E-state index is 12.9. The molecule has 0 unspecified atom stereocenters. The van der Waals surface area contributed by atoms with Gasteiger partial charge in [0, 0.05) is 29.4 Å². The Labute approximate surface area is 239 Å². The van der Waals surface area contributed by atoms with Crippen LogP contribution in [-0.4, -0.2) is 37.0 Å². The minimum atomic E-state index is -4.30. The normalized spacial score (nSPS) is 13.8. The summed E-state index contributed by atoms with van der Waals surface area (Å²) in [6.07, 6.45) is 7.11. The van der Waals surface area contributed by atoms with E-state index < -0.39 is 21.7 Å². The minimum Gasteiger partial charge on any atom is -0.506 e. The molecular weight excluding hydrogens is 542 g/mol. The fraction of sp³-hybridized carbons (Fsp3) is 0.290. The van der Waals surface area contributed by atoms with Crippen LogP contribution in [0.1, 0.15) is 53.6 Å². The number of rotatable bonds is 9. The molecule has 1 aliphatic rings. The van der Waals surface area contributed by atoms with Gasteiger partial charge in [-0.2, -0.15) is 0 Å². The van der Waals surface area contributed by atoms with Gasteiger partial charge in [-0.3, -0.25) is 9.59 Å². The number of hydrogen-bond acceptors (Lipinski definition) is 6. The number of hydrogen-bond donors (Lipinski definition) is 3. The molecule has 2 amide bonds. The van der Waals surface area contributed by atoms with Crippen molar-refractivity contribution in [3.63, 3.8) is 0 Å². The smallest absolute Gasteiger partial charge is 0.268 e. The number of nitrogens with zero attached hydrogens (tertiary/aromatic N) is 1. The van der Waals surface area contributed by atoms with E-state index in [4.69, 9.17) is 4.74 Å². The number of aromatic nitrogens is 1. The quantitative estimate of drug-likeness (QED) is 0.247. The van der Waals surface area contributed by atoms with E-state index in [1.54, 1.807) is 19.1 Å². The topological polar surface area (TPSA) is 127 Å². The van der Waals surface area contributed by atoms with Crippen LogP contribution in [0.15, 0.2) is 71.8 Å². The molecule has 3 aromatic carbocycles. The third-order valence-corrected chi connectivity index (χ3v) is 8.98. The summed E-state index contributed by atoms with van der Waals surface area (Å²) >= 11 is 0. The lowest BCUT2D eigenvalue weighted by Crippen LogP contribution is -2.30. The lowest BCUT2D eigenvalue weighted by Gasteiger charge is -2.14. The van der Waals surface area contributed by atoms with Gasteiger partial charge in [0.2, 0.25) is 5.91 Å². The van der Waals surface area contributed by atoms with Gasteiger partial charge in [0.05, 0.1) is 19.2 Å². The van der Waals surface area contributed by atoms with Crippen LogP contribution < -0.4 is 14.8 Å². The number of methoxy groups -OCH3 is 1. The molecule has 9 nitrogen and oxygen atoms in total. The second-order valence-electron chi connectivity index (χ2n) is 10.5. The Bertz CT molecular complexity index is 1720. The van der Waals surface area contributed by atoms with E-state index in [1.165, 1.54) is 44.2 Å². The van der Waals surface area contributed by atoms with Crippen molar-refractivity contribution in [3.05, 3.63) is 83.6 Å². The molecule has 1 saturated carbocycles. The Hall–Kier alpha value is -4.31. The Morgan fingerprint density at radius 2 is 1.83 bits per heavy atom. The Balaban J connectivity index is 1.32. The Morgan fingerprint density at radius 3 is 2.59 bits per heavy atom. The molecule has 0 radical (unpaired) electrons. The van der Waals surface area contributed by atoms with Gasteiger partial charge in [0.15, 0.2) is 0 Å². The van der Waals surface area contributed by atoms with Crippen molar-refractivity contribution < 1.29 is 27.9 Å². The highest BCUT2D eigenvalue weighted by Crippen LogP contribution is 2.30. The van der Waals surface area contributed by atoms with Crippen molar-refractivity contribution in [2.45, 2.75) is 50.5 Å². The van der Waals surface area contributed by atoms with E-state index in [1.807, 2.05) is 39.8 Å². The molecule has 1 aliphatic carbocycles. The summed E-state index contributed by atoms with van der Waals surface area (Å²) in [6, 6.07) is 16.8. The largest absolute Gasteiger partial charge is 0.506 e. The fourth-order valence-electron chi connectivity index (χ4n) is 5.37. The number of carbonyl (C=O) groups excluding carboxylic acids is 2. The molecule has 5 rings (SSSR count). The number of nitrogens with one attached hydrogen (secondary N) is 2. The molecule has 3 N–H and O–H groups in total. The van der Waals surface area contributed by atoms with Gasteiger partial charge >= 0.3 is 0 Å². The molecule has 1 fully saturated rings. The van der Waals surface area contributed by atoms with Crippen LogP contribution >= 0.6 is 0 Å². The number of phenolic OH excluding ortho intramolecular Hbond substituents is 1. The zero-order valence-electron chi connectivity index (χ0n) is 23.0. The highest BCUT2D eigenvalue weighted by molar-refractivity contribution is 7.90. The first-order valence-corrected chi connectivity index (χ1v) is 15.0. The van der Waals surface area contributed by atoms with Crippen molar-refractivity contribution >= 4 is 38.4 Å². The molecule has 1 aromatic heterocycles. The summed E-state index contributed by atoms with van der Waals surface area (Å²) in [5.74, 6) is -0.341. The van der Waals surface area contributed by atoms with Crippen LogP contribution in [-0.2, 0) is 21.4 Å². The van der Waals surface area contributed by atoms with Gasteiger partial charge in [-0.1, -0.05) is 37.1 Å². The lowest BCUT2D eigenvalue weighted by atomic mass is 10.0. The zero-order chi connectivity index (χ0) is 29.1. The molecule has 1 heterocycles. The molecule has 214 valence electrons. The molecule has 0 bridgehead atoms. The summed E-state index contributed by atoms with van der Waals surface area (Å²) in [7, 11) is -2.82. The molecule has 0 aliphatic heterocycles. The summed E-state index contributed by atoms with van der Waals surface area (Å²) < 4.78 is 35.1. The van der Waals surface area contributed by atoms with E-state index in [-0.39, 0.29) is 16.4 Å². The van der Waals surface area contributed by atoms with Crippen LogP contribution in [0.3, 0.4) is 0 Å². The molecule has 41 heavy (non-hydrogen) atoms. The number of aryl methyl sites for hydroxylation is 1. The summed E-state index contributed by atoms with van der Waals surface area (Å²) in [5, 5.41) is 14.2. The van der Waals surface area contributed by atoms with Gasteiger partial charge in [0.1, 0.15) is 16.4 Å². The number of fused-ring (bicyclic) bond motifs is 1. The van der Waals surface area contributed by atoms with Gasteiger partial charge in [-0.25, -0.2) is 13.1 Å². The van der Waals surface area contributed by atoms with E-state index in [9.17, 15) is 23.1 Å². The van der Waals surface area contributed by atoms with Crippen LogP contribution in [0.5, 0.6) is 11.5 Å². The summed E-state index contributed by atoms with van der Waals surface area (Å²) in [4.78, 5) is 25.1. The van der Waals surface area contributed by atoms with Crippen LogP contribution in [0.4, 0.5) is 5.69 Å². The number of aromatic hydroxyl groups is 1. The molecule has 0 spiro atoms. The maximum atomic E-state index is 12.9. The second kappa shape index (κ2) is 11.7. The number of carbonyl (C=O) groups is 2. The van der Waals surface area contributed by atoms with E-state index >= 15 is 0 Å². The highest BCUT2D eigenvalue weighted by atomic mass is 32.2. The van der Waals surface area contributed by atoms with Crippen molar-refractivity contribution in [3.8, 4) is 11.5 Å². The number of phenols is 1. The lowest BCUT2D eigenvalue weighted by molar-refractivity contribution is -0.117. The SMILES string of the molecule is COc1cc(C(=O)NS(=O)(=O)c2cccc(C)c2O)ccc1Cn1ccc2ccc(NC(=O)CC3CCCC3)cc21. The van der Waals surface area contributed by atoms with E-state index in [0.717, 1.165) is 35.0 Å². The summed E-state index contributed by atoms with van der Waals surface area (Å²) in [6.45, 7) is 1.99. The van der Waals surface area contributed by atoms with E-state index in [0.29, 0.717) is 30.2 Å². The predicted molar refractivity (Wildman–Crippen MR) is 157 cm³/mol. The highest BCUT2D eigenvalue weighted by Gasteiger charge is 2.24.